The van der Waals surface area contributed by atoms with Gasteiger partial charge in [-0.05, 0) is 6.42 Å². The molecule has 2 heteroatoms. The maximum Gasteiger partial charge on any atom is 0.0105 e. The van der Waals surface area contributed by atoms with E-state index < -0.39 is 0 Å². The Kier molecular flexibility index (Phi) is 6.34. The molecule has 0 aromatic rings. The van der Waals surface area contributed by atoms with Crippen LogP contribution in [0.5, 0.6) is 0 Å². The molecule has 0 saturated carbocycles. The Morgan fingerprint density at radius 3 is 2.50 bits per heavy atom. The van der Waals surface area contributed by atoms with E-state index in [1.807, 2.05) is 0 Å². The smallest absolute Gasteiger partial charge is 0.0105 e. The van der Waals surface area contributed by atoms with E-state index in [-0.39, 0.29) is 0 Å². The molecule has 0 unspecified atom stereocenters. The minimum atomic E-state index is 0.512. The van der Waals surface area contributed by atoms with Crippen LogP contribution in [0.4, 0.5) is 0 Å². The second-order valence-electron chi connectivity index (χ2n) is 1.98. The minimum Gasteiger partial charge on any atom is -0.178 e. The highest BCUT2D eigenvalue weighted by atomic mass is 32.1. The van der Waals surface area contributed by atoms with E-state index in [0.717, 1.165) is 5.75 Å². The van der Waals surface area contributed by atoms with Crippen LogP contribution < -0.4 is 0 Å². The van der Waals surface area contributed by atoms with Crippen LogP contribution in [-0.4, -0.2) is 11.0 Å². The second kappa shape index (κ2) is 5.83. The van der Waals surface area contributed by atoms with Crippen molar-refractivity contribution in [3.63, 3.8) is 0 Å². The topological polar surface area (TPSA) is 0 Å². The van der Waals surface area contributed by atoms with Gasteiger partial charge in [-0.1, -0.05) is 19.8 Å². The van der Waals surface area contributed by atoms with E-state index in [0.29, 0.717) is 5.25 Å². The predicted molar refractivity (Wildman–Crippen MR) is 46.2 cm³/mol. The molecule has 0 aliphatic rings. The van der Waals surface area contributed by atoms with Gasteiger partial charge in [-0.2, -0.15) is 25.3 Å². The summed E-state index contributed by atoms with van der Waals surface area (Å²) in [5, 5.41) is 0.512. The van der Waals surface area contributed by atoms with Gasteiger partial charge in [-0.3, -0.25) is 0 Å². The maximum absolute atomic E-state index is 4.29. The molecule has 0 rings (SSSR count). The summed E-state index contributed by atoms with van der Waals surface area (Å²) in [7, 11) is 0. The van der Waals surface area contributed by atoms with E-state index in [2.05, 4.69) is 32.2 Å². The molecule has 0 aromatic heterocycles. The molecule has 0 aromatic carbocycles. The van der Waals surface area contributed by atoms with Gasteiger partial charge in [-0.15, -0.1) is 0 Å². The van der Waals surface area contributed by atoms with E-state index in [1.54, 1.807) is 0 Å². The predicted octanol–water partition coefficient (Wildman–Crippen LogP) is 2.40. The monoisotopic (exact) mass is 150 g/mol. The summed E-state index contributed by atoms with van der Waals surface area (Å²) in [6, 6.07) is 0. The largest absolute Gasteiger partial charge is 0.178 e. The zero-order valence-corrected chi connectivity index (χ0v) is 7.09. The number of thiol groups is 2. The van der Waals surface area contributed by atoms with Gasteiger partial charge in [0.2, 0.25) is 0 Å². The van der Waals surface area contributed by atoms with Gasteiger partial charge < -0.3 is 0 Å². The van der Waals surface area contributed by atoms with Crippen LogP contribution >= 0.6 is 25.3 Å². The summed E-state index contributed by atoms with van der Waals surface area (Å²) < 4.78 is 0. The van der Waals surface area contributed by atoms with Gasteiger partial charge in [0.15, 0.2) is 0 Å². The summed E-state index contributed by atoms with van der Waals surface area (Å²) in [4.78, 5) is 0. The molecule has 1 atom stereocenters. The highest BCUT2D eigenvalue weighted by molar-refractivity contribution is 7.84. The van der Waals surface area contributed by atoms with E-state index in [9.17, 15) is 0 Å². The number of hydrogen-bond acceptors (Lipinski definition) is 2. The number of unbranched alkanes of at least 4 members (excludes halogenated alkanes) is 1. The SMILES string of the molecule is CCCC[C@@H](S)CS. The third-order valence-electron chi connectivity index (χ3n) is 1.10. The quantitative estimate of drug-likeness (QED) is 0.565. The number of rotatable bonds is 4. The lowest BCUT2D eigenvalue weighted by atomic mass is 10.2. The zero-order chi connectivity index (χ0) is 6.41. The fourth-order valence-electron chi connectivity index (χ4n) is 0.531. The molecule has 0 aliphatic carbocycles. The molecule has 0 amide bonds. The van der Waals surface area contributed by atoms with Gasteiger partial charge >= 0.3 is 0 Å². The van der Waals surface area contributed by atoms with Gasteiger partial charge in [0.1, 0.15) is 0 Å². The van der Waals surface area contributed by atoms with Crippen molar-refractivity contribution in [1.82, 2.24) is 0 Å². The molecule has 0 N–H and O–H groups in total. The maximum atomic E-state index is 4.29. The molecule has 0 heterocycles. The van der Waals surface area contributed by atoms with Crippen LogP contribution in [0.15, 0.2) is 0 Å². The Morgan fingerprint density at radius 1 is 1.50 bits per heavy atom. The fraction of sp³-hybridized carbons (Fsp3) is 1.00. The molecule has 0 saturated heterocycles. The molecule has 0 radical (unpaired) electrons. The summed E-state index contributed by atoms with van der Waals surface area (Å²) in [5.74, 6) is 0.906. The van der Waals surface area contributed by atoms with Crippen LogP contribution in [0.3, 0.4) is 0 Å². The lowest BCUT2D eigenvalue weighted by molar-refractivity contribution is 0.720. The summed E-state index contributed by atoms with van der Waals surface area (Å²) in [6.45, 7) is 2.19. The van der Waals surface area contributed by atoms with E-state index in [4.69, 9.17) is 0 Å². The highest BCUT2D eigenvalue weighted by Gasteiger charge is 1.96. The van der Waals surface area contributed by atoms with Gasteiger partial charge in [0.05, 0.1) is 0 Å². The van der Waals surface area contributed by atoms with Crippen LogP contribution in [0.2, 0.25) is 0 Å². The molecular formula is C6H14S2. The first-order chi connectivity index (χ1) is 3.81. The Labute approximate surface area is 62.9 Å². The molecule has 0 aliphatic heterocycles. The molecule has 0 fully saturated rings. The minimum absolute atomic E-state index is 0.512. The lowest BCUT2D eigenvalue weighted by Crippen LogP contribution is -1.98. The Morgan fingerprint density at radius 2 is 2.12 bits per heavy atom. The van der Waals surface area contributed by atoms with E-state index in [1.165, 1.54) is 19.3 Å². The molecule has 0 bridgehead atoms. The molecular weight excluding hydrogens is 136 g/mol. The van der Waals surface area contributed by atoms with Crippen molar-refractivity contribution in [3.8, 4) is 0 Å². The third-order valence-corrected chi connectivity index (χ3v) is 2.27. The van der Waals surface area contributed by atoms with Crippen LogP contribution in [-0.2, 0) is 0 Å². The third kappa shape index (κ3) is 4.85. The fourth-order valence-corrected chi connectivity index (χ4v) is 0.896. The Hall–Kier alpha value is 0.700. The zero-order valence-electron chi connectivity index (χ0n) is 5.30. The van der Waals surface area contributed by atoms with Crippen LogP contribution in [0, 0.1) is 0 Å². The summed E-state index contributed by atoms with van der Waals surface area (Å²) in [6.07, 6.45) is 3.77. The van der Waals surface area contributed by atoms with Crippen molar-refractivity contribution >= 4 is 25.3 Å². The van der Waals surface area contributed by atoms with Crippen molar-refractivity contribution in [2.75, 3.05) is 5.75 Å². The average Bonchev–Trinajstić information content (AvgIpc) is 1.83. The van der Waals surface area contributed by atoms with Gasteiger partial charge in [0.25, 0.3) is 0 Å². The highest BCUT2D eigenvalue weighted by Crippen LogP contribution is 2.07. The van der Waals surface area contributed by atoms with Crippen molar-refractivity contribution in [2.45, 2.75) is 31.4 Å². The molecule has 0 nitrogen and oxygen atoms in total. The van der Waals surface area contributed by atoms with Crippen molar-refractivity contribution < 1.29 is 0 Å². The standard InChI is InChI=1S/C6H14S2/c1-2-3-4-6(8)5-7/h6-8H,2-5H2,1H3/t6-/m1/s1. The summed E-state index contributed by atoms with van der Waals surface area (Å²) in [5.41, 5.74) is 0. The normalized spacial score (nSPS) is 13.9. The average molecular weight is 150 g/mol. The molecule has 50 valence electrons. The molecule has 0 spiro atoms. The summed E-state index contributed by atoms with van der Waals surface area (Å²) >= 11 is 8.40. The van der Waals surface area contributed by atoms with Gasteiger partial charge in [0, 0.05) is 11.0 Å². The van der Waals surface area contributed by atoms with Gasteiger partial charge in [-0.25, -0.2) is 0 Å². The van der Waals surface area contributed by atoms with Crippen molar-refractivity contribution in [3.05, 3.63) is 0 Å². The Balaban J connectivity index is 2.86. The Bertz CT molecular complexity index is 45.8. The lowest BCUT2D eigenvalue weighted by Gasteiger charge is -2.03. The van der Waals surface area contributed by atoms with Crippen molar-refractivity contribution in [1.29, 1.82) is 0 Å². The first-order valence-corrected chi connectivity index (χ1v) is 4.25. The first-order valence-electron chi connectivity index (χ1n) is 3.10. The molecule has 8 heavy (non-hydrogen) atoms. The van der Waals surface area contributed by atoms with Crippen molar-refractivity contribution in [2.24, 2.45) is 0 Å². The van der Waals surface area contributed by atoms with Crippen LogP contribution in [0.25, 0.3) is 0 Å². The van der Waals surface area contributed by atoms with Crippen LogP contribution in [0.1, 0.15) is 26.2 Å². The number of hydrogen-bond donors (Lipinski definition) is 2. The second-order valence-corrected chi connectivity index (χ2v) is 3.07. The first kappa shape index (κ1) is 8.70. The van der Waals surface area contributed by atoms with E-state index >= 15 is 0 Å².